The average Bonchev–Trinajstić information content (AvgIpc) is 3.33. The topological polar surface area (TPSA) is 110 Å². The van der Waals surface area contributed by atoms with Gasteiger partial charge in [0.2, 0.25) is 0 Å². The van der Waals surface area contributed by atoms with Gasteiger partial charge in [-0.05, 0) is 48.7 Å². The molecule has 1 aromatic heterocycles. The van der Waals surface area contributed by atoms with Crippen molar-refractivity contribution in [3.8, 4) is 0 Å². The maximum Gasteiger partial charge on any atom is 0.338 e. The van der Waals surface area contributed by atoms with Gasteiger partial charge < -0.3 is 4.74 Å². The number of hydrogen-bond donors (Lipinski definition) is 1. The number of carbonyl (C=O) groups is 3. The van der Waals surface area contributed by atoms with Crippen LogP contribution in [-0.2, 0) is 19.6 Å². The highest BCUT2D eigenvalue weighted by Crippen LogP contribution is 2.23. The Balaban J connectivity index is 1.66. The van der Waals surface area contributed by atoms with Gasteiger partial charge in [-0.25, -0.2) is 13.2 Å². The maximum absolute atomic E-state index is 13.0. The minimum absolute atomic E-state index is 0.0410. The molecule has 3 aromatic rings. The SMILES string of the molecule is Cc1ccc(N(C)S(=O)(=O)c2cccc(C(=O)OCC(=O)NC(=O)c3cccs3)c2)cc1. The molecule has 1 N–H and O–H groups in total. The van der Waals surface area contributed by atoms with Crippen LogP contribution in [-0.4, -0.2) is 39.9 Å². The Morgan fingerprint density at radius 1 is 1.03 bits per heavy atom. The van der Waals surface area contributed by atoms with E-state index in [1.165, 1.54) is 42.6 Å². The van der Waals surface area contributed by atoms with Crippen LogP contribution in [0.2, 0.25) is 0 Å². The quantitative estimate of drug-likeness (QED) is 0.530. The number of thiophene rings is 1. The molecular formula is C22H20N2O6S2. The number of rotatable bonds is 7. The highest BCUT2D eigenvalue weighted by Gasteiger charge is 2.23. The van der Waals surface area contributed by atoms with E-state index >= 15 is 0 Å². The van der Waals surface area contributed by atoms with Crippen molar-refractivity contribution in [2.45, 2.75) is 11.8 Å². The van der Waals surface area contributed by atoms with E-state index in [0.29, 0.717) is 10.6 Å². The summed E-state index contributed by atoms with van der Waals surface area (Å²) in [5.41, 5.74) is 1.42. The molecule has 0 atom stereocenters. The molecule has 1 heterocycles. The molecule has 0 bridgehead atoms. The lowest BCUT2D eigenvalue weighted by Crippen LogP contribution is -2.33. The van der Waals surface area contributed by atoms with Gasteiger partial charge in [-0.3, -0.25) is 19.2 Å². The number of hydrogen-bond acceptors (Lipinski definition) is 7. The summed E-state index contributed by atoms with van der Waals surface area (Å²) in [6, 6.07) is 15.5. The molecule has 32 heavy (non-hydrogen) atoms. The third-order valence-electron chi connectivity index (χ3n) is 4.46. The summed E-state index contributed by atoms with van der Waals surface area (Å²) < 4.78 is 32.0. The normalized spacial score (nSPS) is 10.9. The number of imide groups is 1. The van der Waals surface area contributed by atoms with Crippen LogP contribution in [0.15, 0.2) is 70.9 Å². The minimum Gasteiger partial charge on any atom is -0.452 e. The van der Waals surface area contributed by atoms with E-state index < -0.39 is 34.4 Å². The Bertz CT molecular complexity index is 1240. The standard InChI is InChI=1S/C22H20N2O6S2/c1-15-8-10-17(11-9-15)24(2)32(28,29)18-6-3-5-16(13-18)22(27)30-14-20(25)23-21(26)19-7-4-12-31-19/h3-13H,14H2,1-2H3,(H,23,25,26). The molecule has 0 spiro atoms. The lowest BCUT2D eigenvalue weighted by molar-refractivity contribution is -0.123. The van der Waals surface area contributed by atoms with Crippen molar-refractivity contribution >= 4 is 44.8 Å². The molecule has 0 aliphatic carbocycles. The first-order chi connectivity index (χ1) is 15.2. The second-order valence-electron chi connectivity index (χ2n) is 6.77. The molecule has 2 amide bonds. The van der Waals surface area contributed by atoms with Crippen LogP contribution in [0.3, 0.4) is 0 Å². The zero-order valence-electron chi connectivity index (χ0n) is 17.3. The van der Waals surface area contributed by atoms with Gasteiger partial charge in [0.15, 0.2) is 6.61 Å². The van der Waals surface area contributed by atoms with Gasteiger partial charge in [-0.2, -0.15) is 0 Å². The van der Waals surface area contributed by atoms with Crippen molar-refractivity contribution in [1.82, 2.24) is 5.32 Å². The number of anilines is 1. The molecule has 0 radical (unpaired) electrons. The predicted octanol–water partition coefficient (Wildman–Crippen LogP) is 3.00. The Morgan fingerprint density at radius 3 is 2.41 bits per heavy atom. The Labute approximate surface area is 189 Å². The summed E-state index contributed by atoms with van der Waals surface area (Å²) in [7, 11) is -2.51. The van der Waals surface area contributed by atoms with Crippen LogP contribution in [0.5, 0.6) is 0 Å². The van der Waals surface area contributed by atoms with Crippen LogP contribution in [0.25, 0.3) is 0 Å². The van der Waals surface area contributed by atoms with Crippen molar-refractivity contribution in [2.24, 2.45) is 0 Å². The monoisotopic (exact) mass is 472 g/mol. The number of carbonyl (C=O) groups excluding carboxylic acids is 3. The molecule has 0 aliphatic heterocycles. The van der Waals surface area contributed by atoms with Crippen LogP contribution >= 0.6 is 11.3 Å². The molecule has 10 heteroatoms. The molecular weight excluding hydrogens is 452 g/mol. The highest BCUT2D eigenvalue weighted by molar-refractivity contribution is 7.92. The molecule has 0 fully saturated rings. The minimum atomic E-state index is -3.93. The maximum atomic E-state index is 13.0. The second kappa shape index (κ2) is 9.75. The number of aryl methyl sites for hydroxylation is 1. The van der Waals surface area contributed by atoms with Gasteiger partial charge >= 0.3 is 5.97 Å². The zero-order valence-corrected chi connectivity index (χ0v) is 18.9. The fourth-order valence-corrected chi connectivity index (χ4v) is 4.54. The van der Waals surface area contributed by atoms with Gasteiger partial charge in [-0.1, -0.05) is 29.8 Å². The molecule has 0 unspecified atom stereocenters. The van der Waals surface area contributed by atoms with Gasteiger partial charge in [-0.15, -0.1) is 11.3 Å². The van der Waals surface area contributed by atoms with Gasteiger partial charge in [0.05, 0.1) is 21.0 Å². The van der Waals surface area contributed by atoms with E-state index in [4.69, 9.17) is 4.74 Å². The number of amides is 2. The Kier molecular flexibility index (Phi) is 7.06. The summed E-state index contributed by atoms with van der Waals surface area (Å²) in [4.78, 5) is 36.3. The summed E-state index contributed by atoms with van der Waals surface area (Å²) in [5.74, 6) is -2.27. The van der Waals surface area contributed by atoms with Crippen molar-refractivity contribution in [3.05, 3.63) is 82.0 Å². The number of nitrogens with one attached hydrogen (secondary N) is 1. The molecule has 0 aliphatic rings. The molecule has 2 aromatic carbocycles. The highest BCUT2D eigenvalue weighted by atomic mass is 32.2. The predicted molar refractivity (Wildman–Crippen MR) is 120 cm³/mol. The lowest BCUT2D eigenvalue weighted by Gasteiger charge is -2.20. The van der Waals surface area contributed by atoms with Gasteiger partial charge in [0.1, 0.15) is 0 Å². The first kappa shape index (κ1) is 23.2. The van der Waals surface area contributed by atoms with Gasteiger partial charge in [0.25, 0.3) is 21.8 Å². The number of ether oxygens (including phenoxy) is 1. The molecule has 0 saturated heterocycles. The molecule has 8 nitrogen and oxygen atoms in total. The van der Waals surface area contributed by atoms with E-state index in [9.17, 15) is 22.8 Å². The van der Waals surface area contributed by atoms with Crippen LogP contribution in [0.4, 0.5) is 5.69 Å². The smallest absolute Gasteiger partial charge is 0.338 e. The van der Waals surface area contributed by atoms with Crippen molar-refractivity contribution in [3.63, 3.8) is 0 Å². The fraction of sp³-hybridized carbons (Fsp3) is 0.136. The van der Waals surface area contributed by atoms with E-state index in [-0.39, 0.29) is 10.5 Å². The fourth-order valence-electron chi connectivity index (χ4n) is 2.68. The van der Waals surface area contributed by atoms with Gasteiger partial charge in [0, 0.05) is 7.05 Å². The summed E-state index contributed by atoms with van der Waals surface area (Å²) in [5, 5.41) is 3.81. The van der Waals surface area contributed by atoms with Crippen molar-refractivity contribution < 1.29 is 27.5 Å². The first-order valence-corrected chi connectivity index (χ1v) is 11.7. The van der Waals surface area contributed by atoms with E-state index in [2.05, 4.69) is 5.32 Å². The van der Waals surface area contributed by atoms with E-state index in [0.717, 1.165) is 9.87 Å². The molecule has 0 saturated carbocycles. The number of benzene rings is 2. The molecule has 166 valence electrons. The third kappa shape index (κ3) is 5.40. The lowest BCUT2D eigenvalue weighted by atomic mass is 10.2. The average molecular weight is 473 g/mol. The van der Waals surface area contributed by atoms with Crippen molar-refractivity contribution in [2.75, 3.05) is 18.0 Å². The third-order valence-corrected chi connectivity index (χ3v) is 7.11. The number of esters is 1. The van der Waals surface area contributed by atoms with Crippen LogP contribution in [0.1, 0.15) is 25.6 Å². The van der Waals surface area contributed by atoms with Crippen molar-refractivity contribution in [1.29, 1.82) is 0 Å². The summed E-state index contributed by atoms with van der Waals surface area (Å²) in [6.45, 7) is 1.21. The number of nitrogens with zero attached hydrogens (tertiary/aromatic N) is 1. The molecule has 3 rings (SSSR count). The zero-order chi connectivity index (χ0) is 23.3. The first-order valence-electron chi connectivity index (χ1n) is 9.39. The largest absolute Gasteiger partial charge is 0.452 e. The number of sulfonamides is 1. The Morgan fingerprint density at radius 2 is 1.75 bits per heavy atom. The van der Waals surface area contributed by atoms with Crippen LogP contribution < -0.4 is 9.62 Å². The Hall–Kier alpha value is -3.50. The summed E-state index contributed by atoms with van der Waals surface area (Å²) >= 11 is 1.17. The van der Waals surface area contributed by atoms with E-state index in [1.54, 1.807) is 41.8 Å². The van der Waals surface area contributed by atoms with Crippen LogP contribution in [0, 0.1) is 6.92 Å². The second-order valence-corrected chi connectivity index (χ2v) is 9.68. The van der Waals surface area contributed by atoms with E-state index in [1.807, 2.05) is 6.92 Å². The summed E-state index contributed by atoms with van der Waals surface area (Å²) in [6.07, 6.45) is 0.